The van der Waals surface area contributed by atoms with Gasteiger partial charge >= 0.3 is 0 Å². The van der Waals surface area contributed by atoms with Crippen molar-refractivity contribution in [2.24, 2.45) is 11.3 Å². The van der Waals surface area contributed by atoms with Crippen molar-refractivity contribution in [1.29, 1.82) is 0 Å². The van der Waals surface area contributed by atoms with E-state index in [0.717, 1.165) is 6.54 Å². The first-order valence-electron chi connectivity index (χ1n) is 6.03. The van der Waals surface area contributed by atoms with Gasteiger partial charge < -0.3 is 11.1 Å². The van der Waals surface area contributed by atoms with Crippen LogP contribution in [-0.4, -0.2) is 17.4 Å². The summed E-state index contributed by atoms with van der Waals surface area (Å²) in [6.45, 7) is 5.15. The molecule has 3 N–H and O–H groups in total. The van der Waals surface area contributed by atoms with Crippen molar-refractivity contribution in [1.82, 2.24) is 10.3 Å². The molecule has 4 nitrogen and oxygen atoms in total. The van der Waals surface area contributed by atoms with Gasteiger partial charge in [0.05, 0.1) is 5.56 Å². The van der Waals surface area contributed by atoms with Crippen LogP contribution < -0.4 is 11.1 Å². The SMILES string of the molecule is CC(C)C1(CNC(=O)c2cnccc2N)CC1. The number of nitrogens with one attached hydrogen (secondary N) is 1. The summed E-state index contributed by atoms with van der Waals surface area (Å²) >= 11 is 0. The first-order chi connectivity index (χ1) is 8.05. The van der Waals surface area contributed by atoms with Crippen LogP contribution >= 0.6 is 0 Å². The molecule has 1 heterocycles. The van der Waals surface area contributed by atoms with Crippen molar-refractivity contribution >= 4 is 11.6 Å². The van der Waals surface area contributed by atoms with Gasteiger partial charge in [0.1, 0.15) is 0 Å². The quantitative estimate of drug-likeness (QED) is 0.833. The molecule has 1 aliphatic carbocycles. The Hall–Kier alpha value is -1.58. The number of nitrogen functional groups attached to an aromatic ring is 1. The van der Waals surface area contributed by atoms with Gasteiger partial charge in [-0.05, 0) is 30.2 Å². The van der Waals surface area contributed by atoms with E-state index >= 15 is 0 Å². The highest BCUT2D eigenvalue weighted by Gasteiger charge is 2.45. The third-order valence-electron chi connectivity index (χ3n) is 3.82. The van der Waals surface area contributed by atoms with Crippen molar-refractivity contribution in [2.75, 3.05) is 12.3 Å². The number of carbonyl (C=O) groups excluding carboxylic acids is 1. The van der Waals surface area contributed by atoms with Gasteiger partial charge in [-0.2, -0.15) is 0 Å². The number of anilines is 1. The summed E-state index contributed by atoms with van der Waals surface area (Å²) in [6, 6.07) is 1.64. The van der Waals surface area contributed by atoms with E-state index in [1.165, 1.54) is 19.0 Å². The van der Waals surface area contributed by atoms with E-state index < -0.39 is 0 Å². The molecule has 0 aromatic carbocycles. The monoisotopic (exact) mass is 233 g/mol. The largest absolute Gasteiger partial charge is 0.398 e. The van der Waals surface area contributed by atoms with Gasteiger partial charge in [0.2, 0.25) is 0 Å². The molecule has 1 saturated carbocycles. The van der Waals surface area contributed by atoms with Gasteiger partial charge in [-0.1, -0.05) is 13.8 Å². The Balaban J connectivity index is 1.97. The average molecular weight is 233 g/mol. The first-order valence-corrected chi connectivity index (χ1v) is 6.03. The molecule has 92 valence electrons. The number of nitrogens with zero attached hydrogens (tertiary/aromatic N) is 1. The van der Waals surface area contributed by atoms with Crippen molar-refractivity contribution in [3.63, 3.8) is 0 Å². The Bertz CT molecular complexity index is 424. The van der Waals surface area contributed by atoms with E-state index in [0.29, 0.717) is 22.6 Å². The number of hydrogen-bond acceptors (Lipinski definition) is 3. The molecule has 0 saturated heterocycles. The maximum Gasteiger partial charge on any atom is 0.254 e. The highest BCUT2D eigenvalue weighted by atomic mass is 16.1. The summed E-state index contributed by atoms with van der Waals surface area (Å²) in [7, 11) is 0. The van der Waals surface area contributed by atoms with Crippen LogP contribution in [0.25, 0.3) is 0 Å². The number of hydrogen-bond donors (Lipinski definition) is 2. The Morgan fingerprint density at radius 2 is 2.29 bits per heavy atom. The second-order valence-corrected chi connectivity index (χ2v) is 5.16. The standard InChI is InChI=1S/C13H19N3O/c1-9(2)13(4-5-13)8-16-12(17)10-7-15-6-3-11(10)14/h3,6-7,9H,4-5,8H2,1-2H3,(H2,14,15)(H,16,17). The predicted octanol–water partition coefficient (Wildman–Crippen LogP) is 1.83. The molecule has 0 spiro atoms. The van der Waals surface area contributed by atoms with E-state index in [9.17, 15) is 4.79 Å². The molecular formula is C13H19N3O. The van der Waals surface area contributed by atoms with Crippen LogP contribution in [0.5, 0.6) is 0 Å². The zero-order chi connectivity index (χ0) is 12.5. The molecule has 1 amide bonds. The van der Waals surface area contributed by atoms with Crippen molar-refractivity contribution < 1.29 is 4.79 Å². The number of nitrogens with two attached hydrogens (primary N) is 1. The third kappa shape index (κ3) is 2.40. The fraction of sp³-hybridized carbons (Fsp3) is 0.538. The fourth-order valence-corrected chi connectivity index (χ4v) is 2.07. The predicted molar refractivity (Wildman–Crippen MR) is 67.5 cm³/mol. The molecule has 2 rings (SSSR count). The smallest absolute Gasteiger partial charge is 0.254 e. The fourth-order valence-electron chi connectivity index (χ4n) is 2.07. The lowest BCUT2D eigenvalue weighted by Gasteiger charge is -2.20. The zero-order valence-corrected chi connectivity index (χ0v) is 10.4. The van der Waals surface area contributed by atoms with Crippen LogP contribution in [0.15, 0.2) is 18.5 Å². The van der Waals surface area contributed by atoms with Crippen molar-refractivity contribution in [2.45, 2.75) is 26.7 Å². The highest BCUT2D eigenvalue weighted by molar-refractivity contribution is 5.98. The van der Waals surface area contributed by atoms with Crippen molar-refractivity contribution in [3.8, 4) is 0 Å². The Labute approximate surface area is 102 Å². The van der Waals surface area contributed by atoms with E-state index in [2.05, 4.69) is 24.1 Å². The second kappa shape index (κ2) is 4.35. The number of rotatable bonds is 4. The summed E-state index contributed by atoms with van der Waals surface area (Å²) < 4.78 is 0. The number of amides is 1. The second-order valence-electron chi connectivity index (χ2n) is 5.16. The zero-order valence-electron chi connectivity index (χ0n) is 10.4. The normalized spacial score (nSPS) is 16.9. The molecule has 1 fully saturated rings. The topological polar surface area (TPSA) is 68.0 Å². The van der Waals surface area contributed by atoms with Crippen LogP contribution in [-0.2, 0) is 0 Å². The van der Waals surface area contributed by atoms with Gasteiger partial charge in [-0.3, -0.25) is 9.78 Å². The molecule has 0 atom stereocenters. The molecule has 4 heteroatoms. The third-order valence-corrected chi connectivity index (χ3v) is 3.82. The molecule has 17 heavy (non-hydrogen) atoms. The minimum Gasteiger partial charge on any atom is -0.398 e. The summed E-state index contributed by atoms with van der Waals surface area (Å²) in [5.74, 6) is 0.483. The summed E-state index contributed by atoms with van der Waals surface area (Å²) in [4.78, 5) is 15.9. The minimum atomic E-state index is -0.123. The molecule has 1 aromatic heterocycles. The molecular weight excluding hydrogens is 214 g/mol. The van der Waals surface area contributed by atoms with Crippen LogP contribution in [0.2, 0.25) is 0 Å². The maximum absolute atomic E-state index is 11.9. The number of aromatic nitrogens is 1. The lowest BCUT2D eigenvalue weighted by molar-refractivity contribution is 0.0940. The van der Waals surface area contributed by atoms with Gasteiger partial charge in [-0.15, -0.1) is 0 Å². The van der Waals surface area contributed by atoms with Gasteiger partial charge in [0.15, 0.2) is 0 Å². The Morgan fingerprint density at radius 3 is 2.82 bits per heavy atom. The van der Waals surface area contributed by atoms with Crippen LogP contribution in [0.4, 0.5) is 5.69 Å². The van der Waals surface area contributed by atoms with Crippen LogP contribution in [0.3, 0.4) is 0 Å². The molecule has 1 aliphatic rings. The van der Waals surface area contributed by atoms with Crippen molar-refractivity contribution in [3.05, 3.63) is 24.0 Å². The molecule has 0 bridgehead atoms. The summed E-state index contributed by atoms with van der Waals surface area (Å²) in [5, 5.41) is 2.96. The Kier molecular flexibility index (Phi) is 3.05. The van der Waals surface area contributed by atoms with Gasteiger partial charge in [-0.25, -0.2) is 0 Å². The minimum absolute atomic E-state index is 0.123. The number of pyridine rings is 1. The van der Waals surface area contributed by atoms with Crippen LogP contribution in [0, 0.1) is 11.3 Å². The van der Waals surface area contributed by atoms with E-state index in [1.54, 1.807) is 12.3 Å². The molecule has 0 unspecified atom stereocenters. The molecule has 0 aliphatic heterocycles. The van der Waals surface area contributed by atoms with Crippen LogP contribution in [0.1, 0.15) is 37.0 Å². The Morgan fingerprint density at radius 1 is 1.59 bits per heavy atom. The molecule has 0 radical (unpaired) electrons. The van der Waals surface area contributed by atoms with Gasteiger partial charge in [0, 0.05) is 24.6 Å². The lowest BCUT2D eigenvalue weighted by Crippen LogP contribution is -2.33. The first kappa shape index (κ1) is 11.9. The van der Waals surface area contributed by atoms with E-state index in [1.807, 2.05) is 0 Å². The van der Waals surface area contributed by atoms with E-state index in [-0.39, 0.29) is 5.91 Å². The average Bonchev–Trinajstić information content (AvgIpc) is 3.07. The summed E-state index contributed by atoms with van der Waals surface area (Å²) in [5.41, 5.74) is 6.99. The lowest BCUT2D eigenvalue weighted by atomic mass is 9.92. The maximum atomic E-state index is 11.9. The highest BCUT2D eigenvalue weighted by Crippen LogP contribution is 2.51. The van der Waals surface area contributed by atoms with E-state index in [4.69, 9.17) is 5.73 Å². The summed E-state index contributed by atoms with van der Waals surface area (Å²) in [6.07, 6.45) is 5.50. The van der Waals surface area contributed by atoms with Gasteiger partial charge in [0.25, 0.3) is 5.91 Å². The molecule has 1 aromatic rings. The number of carbonyl (C=O) groups is 1.